The highest BCUT2D eigenvalue weighted by atomic mass is 16.7. The van der Waals surface area contributed by atoms with Crippen molar-refractivity contribution < 1.29 is 19.5 Å². The molecule has 0 bridgehead atoms. The molecule has 0 spiro atoms. The zero-order chi connectivity index (χ0) is 21.0. The smallest absolute Gasteiger partial charge is 0.231 e. The van der Waals surface area contributed by atoms with Gasteiger partial charge in [-0.2, -0.15) is 0 Å². The van der Waals surface area contributed by atoms with E-state index in [2.05, 4.69) is 62.5 Å². The van der Waals surface area contributed by atoms with Crippen LogP contribution in [-0.2, 0) is 11.3 Å². The number of hydrogen-bond acceptors (Lipinski definition) is 3. The first-order valence-corrected chi connectivity index (χ1v) is 11.4. The van der Waals surface area contributed by atoms with E-state index in [-0.39, 0.29) is 5.60 Å². The van der Waals surface area contributed by atoms with Crippen molar-refractivity contribution in [1.29, 1.82) is 0 Å². The predicted octanol–water partition coefficient (Wildman–Crippen LogP) is 4.56. The van der Waals surface area contributed by atoms with E-state index in [4.69, 9.17) is 14.2 Å². The molecule has 2 aliphatic heterocycles. The lowest BCUT2D eigenvalue weighted by Gasteiger charge is -2.39. The Labute approximate surface area is 180 Å². The maximum Gasteiger partial charge on any atom is 0.231 e. The average molecular weight is 411 g/mol. The second-order valence-electron chi connectivity index (χ2n) is 9.49. The molecular weight excluding hydrogens is 374 g/mol. The SMILES string of the molecule is Cc1ccc([C@H](CCC[NH2+]Cc2ccc3c(c2)OCO3)[C@@H]2CCOC(C)(C)C2)cc1. The fourth-order valence-corrected chi connectivity index (χ4v) is 4.93. The first kappa shape index (κ1) is 21.2. The zero-order valence-corrected chi connectivity index (χ0v) is 18.7. The van der Waals surface area contributed by atoms with E-state index in [0.717, 1.165) is 37.6 Å². The van der Waals surface area contributed by atoms with Gasteiger partial charge < -0.3 is 19.5 Å². The Morgan fingerprint density at radius 2 is 1.87 bits per heavy atom. The van der Waals surface area contributed by atoms with Crippen LogP contribution in [-0.4, -0.2) is 25.5 Å². The van der Waals surface area contributed by atoms with Crippen molar-refractivity contribution in [3.05, 3.63) is 59.2 Å². The Kier molecular flexibility index (Phi) is 6.64. The predicted molar refractivity (Wildman–Crippen MR) is 119 cm³/mol. The van der Waals surface area contributed by atoms with Gasteiger partial charge in [0.1, 0.15) is 6.54 Å². The summed E-state index contributed by atoms with van der Waals surface area (Å²) in [7, 11) is 0. The molecule has 2 aromatic carbocycles. The number of hydrogen-bond donors (Lipinski definition) is 1. The topological polar surface area (TPSA) is 44.3 Å². The monoisotopic (exact) mass is 410 g/mol. The van der Waals surface area contributed by atoms with Gasteiger partial charge in [0, 0.05) is 12.2 Å². The normalized spacial score (nSPS) is 20.8. The number of fused-ring (bicyclic) bond motifs is 1. The van der Waals surface area contributed by atoms with Crippen LogP contribution in [0.25, 0.3) is 0 Å². The third-order valence-corrected chi connectivity index (χ3v) is 6.55. The zero-order valence-electron chi connectivity index (χ0n) is 18.7. The Morgan fingerprint density at radius 1 is 1.07 bits per heavy atom. The van der Waals surface area contributed by atoms with Gasteiger partial charge in [-0.05, 0) is 82.1 Å². The Bertz CT molecular complexity index is 831. The first-order valence-electron chi connectivity index (χ1n) is 11.4. The second-order valence-corrected chi connectivity index (χ2v) is 9.49. The van der Waals surface area contributed by atoms with Gasteiger partial charge in [0.15, 0.2) is 11.5 Å². The summed E-state index contributed by atoms with van der Waals surface area (Å²) in [4.78, 5) is 0. The lowest BCUT2D eigenvalue weighted by atomic mass is 9.74. The second kappa shape index (κ2) is 9.40. The molecule has 0 radical (unpaired) electrons. The number of benzene rings is 2. The molecular formula is C26H36NO3+. The van der Waals surface area contributed by atoms with Crippen molar-refractivity contribution in [2.75, 3.05) is 19.9 Å². The van der Waals surface area contributed by atoms with Crippen LogP contribution in [0.2, 0.25) is 0 Å². The fraction of sp³-hybridized carbons (Fsp3) is 0.538. The molecule has 1 saturated heterocycles. The van der Waals surface area contributed by atoms with Crippen molar-refractivity contribution >= 4 is 0 Å². The molecule has 2 aliphatic rings. The van der Waals surface area contributed by atoms with Gasteiger partial charge in [-0.25, -0.2) is 0 Å². The van der Waals surface area contributed by atoms with Gasteiger partial charge in [0.05, 0.1) is 12.1 Å². The highest BCUT2D eigenvalue weighted by Crippen LogP contribution is 2.40. The van der Waals surface area contributed by atoms with Crippen LogP contribution in [0.15, 0.2) is 42.5 Å². The molecule has 4 nitrogen and oxygen atoms in total. The summed E-state index contributed by atoms with van der Waals surface area (Å²) in [6.45, 7) is 10.00. The Morgan fingerprint density at radius 3 is 2.67 bits per heavy atom. The van der Waals surface area contributed by atoms with Crippen LogP contribution in [0.4, 0.5) is 0 Å². The highest BCUT2D eigenvalue weighted by molar-refractivity contribution is 5.44. The summed E-state index contributed by atoms with van der Waals surface area (Å²) in [5.41, 5.74) is 4.12. The summed E-state index contributed by atoms with van der Waals surface area (Å²) in [6, 6.07) is 15.5. The molecule has 0 saturated carbocycles. The maximum absolute atomic E-state index is 6.00. The summed E-state index contributed by atoms with van der Waals surface area (Å²) in [5.74, 6) is 3.06. The third kappa shape index (κ3) is 5.35. The number of ether oxygens (including phenoxy) is 3. The maximum atomic E-state index is 6.00. The van der Waals surface area contributed by atoms with Gasteiger partial charge >= 0.3 is 0 Å². The minimum atomic E-state index is -0.00264. The molecule has 1 fully saturated rings. The number of rotatable bonds is 8. The van der Waals surface area contributed by atoms with E-state index >= 15 is 0 Å². The standard InChI is InChI=1S/C26H35NO3/c1-19-6-9-21(10-7-19)23(22-12-14-30-26(2,3)16-22)5-4-13-27-17-20-8-11-24-25(15-20)29-18-28-24/h6-11,15,22-23,27H,4-5,12-14,16-18H2,1-3H3/p+1/t22-,23+/m1/s1. The van der Waals surface area contributed by atoms with E-state index < -0.39 is 0 Å². The van der Waals surface area contributed by atoms with Crippen LogP contribution in [0.3, 0.4) is 0 Å². The van der Waals surface area contributed by atoms with Crippen molar-refractivity contribution in [1.82, 2.24) is 0 Å². The summed E-state index contributed by atoms with van der Waals surface area (Å²) in [6.07, 6.45) is 4.78. The summed E-state index contributed by atoms with van der Waals surface area (Å²) >= 11 is 0. The molecule has 0 unspecified atom stereocenters. The minimum Gasteiger partial charge on any atom is -0.454 e. The minimum absolute atomic E-state index is 0.00264. The van der Waals surface area contributed by atoms with E-state index in [1.807, 2.05) is 6.07 Å². The van der Waals surface area contributed by atoms with Crippen molar-refractivity contribution in [2.24, 2.45) is 5.92 Å². The fourth-order valence-electron chi connectivity index (χ4n) is 4.93. The van der Waals surface area contributed by atoms with Crippen molar-refractivity contribution in [3.63, 3.8) is 0 Å². The molecule has 2 aromatic rings. The quantitative estimate of drug-likeness (QED) is 0.649. The lowest BCUT2D eigenvalue weighted by Crippen LogP contribution is -2.82. The average Bonchev–Trinajstić information content (AvgIpc) is 3.19. The molecule has 0 aliphatic carbocycles. The molecule has 30 heavy (non-hydrogen) atoms. The summed E-state index contributed by atoms with van der Waals surface area (Å²) < 4.78 is 16.9. The van der Waals surface area contributed by atoms with Gasteiger partial charge in [-0.15, -0.1) is 0 Å². The molecule has 162 valence electrons. The van der Waals surface area contributed by atoms with Crippen LogP contribution < -0.4 is 14.8 Å². The number of aryl methyl sites for hydroxylation is 1. The molecule has 4 rings (SSSR count). The van der Waals surface area contributed by atoms with Gasteiger partial charge in [-0.1, -0.05) is 29.8 Å². The third-order valence-electron chi connectivity index (χ3n) is 6.55. The lowest BCUT2D eigenvalue weighted by molar-refractivity contribution is -0.671. The van der Waals surface area contributed by atoms with Crippen LogP contribution >= 0.6 is 0 Å². The van der Waals surface area contributed by atoms with Crippen molar-refractivity contribution in [2.45, 2.75) is 64.5 Å². The van der Waals surface area contributed by atoms with Crippen LogP contribution in [0.5, 0.6) is 11.5 Å². The molecule has 2 heterocycles. The number of nitrogens with two attached hydrogens (primary N) is 1. The first-order chi connectivity index (χ1) is 14.5. The van der Waals surface area contributed by atoms with E-state index in [1.165, 1.54) is 36.0 Å². The molecule has 0 amide bonds. The van der Waals surface area contributed by atoms with Crippen LogP contribution in [0.1, 0.15) is 62.1 Å². The van der Waals surface area contributed by atoms with Gasteiger partial charge in [0.2, 0.25) is 6.79 Å². The molecule has 2 atom stereocenters. The van der Waals surface area contributed by atoms with E-state index in [0.29, 0.717) is 18.6 Å². The Hall–Kier alpha value is -2.04. The van der Waals surface area contributed by atoms with E-state index in [9.17, 15) is 0 Å². The van der Waals surface area contributed by atoms with Gasteiger partial charge in [0.25, 0.3) is 0 Å². The summed E-state index contributed by atoms with van der Waals surface area (Å²) in [5, 5.41) is 2.41. The van der Waals surface area contributed by atoms with Crippen LogP contribution in [0, 0.1) is 12.8 Å². The largest absolute Gasteiger partial charge is 0.454 e. The van der Waals surface area contributed by atoms with Gasteiger partial charge in [-0.3, -0.25) is 0 Å². The number of quaternary nitrogens is 1. The molecule has 2 N–H and O–H groups in total. The van der Waals surface area contributed by atoms with Crippen molar-refractivity contribution in [3.8, 4) is 11.5 Å². The Balaban J connectivity index is 1.32. The highest BCUT2D eigenvalue weighted by Gasteiger charge is 2.34. The molecule has 0 aromatic heterocycles. The van der Waals surface area contributed by atoms with E-state index in [1.54, 1.807) is 0 Å². The molecule has 4 heteroatoms.